The molecule has 2 aliphatic heterocycles. The SMILES string of the molecule is Cc1sc2nc(CN3C[C@H]4CNC[C@H]4C3)nc(N)c2c1C. The molecule has 0 aromatic carbocycles. The van der Waals surface area contributed by atoms with Crippen molar-refractivity contribution in [1.29, 1.82) is 0 Å². The van der Waals surface area contributed by atoms with E-state index in [4.69, 9.17) is 10.7 Å². The Balaban J connectivity index is 1.60. The Hall–Kier alpha value is -1.24. The van der Waals surface area contributed by atoms with Crippen molar-refractivity contribution in [3.63, 3.8) is 0 Å². The summed E-state index contributed by atoms with van der Waals surface area (Å²) in [4.78, 5) is 14.1. The normalized spacial score (nSPS) is 25.8. The molecule has 2 saturated heterocycles. The van der Waals surface area contributed by atoms with E-state index in [0.29, 0.717) is 5.82 Å². The van der Waals surface area contributed by atoms with Crippen molar-refractivity contribution in [3.8, 4) is 0 Å². The van der Waals surface area contributed by atoms with Gasteiger partial charge in [-0.3, -0.25) is 4.90 Å². The maximum Gasteiger partial charge on any atom is 0.146 e. The van der Waals surface area contributed by atoms with Crippen LogP contribution in [0.1, 0.15) is 16.3 Å². The highest BCUT2D eigenvalue weighted by Crippen LogP contribution is 2.32. The van der Waals surface area contributed by atoms with Crippen molar-refractivity contribution in [1.82, 2.24) is 20.2 Å². The zero-order valence-corrected chi connectivity index (χ0v) is 13.3. The van der Waals surface area contributed by atoms with Gasteiger partial charge in [-0.15, -0.1) is 11.3 Å². The van der Waals surface area contributed by atoms with Crippen LogP contribution in [0.15, 0.2) is 0 Å². The van der Waals surface area contributed by atoms with E-state index in [9.17, 15) is 0 Å². The van der Waals surface area contributed by atoms with E-state index in [1.807, 2.05) is 0 Å². The molecule has 2 aliphatic rings. The van der Waals surface area contributed by atoms with E-state index in [1.165, 1.54) is 10.4 Å². The molecule has 4 heterocycles. The zero-order valence-electron chi connectivity index (χ0n) is 12.5. The second-order valence-corrected chi connectivity index (χ2v) is 7.56. The van der Waals surface area contributed by atoms with Gasteiger partial charge in [-0.25, -0.2) is 9.97 Å². The molecule has 2 aromatic heterocycles. The fraction of sp³-hybridized carbons (Fsp3) is 0.600. The molecule has 0 bridgehead atoms. The molecule has 0 amide bonds. The minimum absolute atomic E-state index is 0.637. The number of aryl methyl sites for hydroxylation is 2. The average Bonchev–Trinajstić information content (AvgIpc) is 3.04. The van der Waals surface area contributed by atoms with Gasteiger partial charge in [0.2, 0.25) is 0 Å². The van der Waals surface area contributed by atoms with Crippen molar-refractivity contribution >= 4 is 27.4 Å². The highest BCUT2D eigenvalue weighted by atomic mass is 32.1. The fourth-order valence-corrected chi connectivity index (χ4v) is 4.73. The van der Waals surface area contributed by atoms with E-state index in [-0.39, 0.29) is 0 Å². The van der Waals surface area contributed by atoms with Crippen LogP contribution in [0.25, 0.3) is 10.2 Å². The second-order valence-electron chi connectivity index (χ2n) is 6.36. The molecular weight excluding hydrogens is 282 g/mol. The van der Waals surface area contributed by atoms with Gasteiger partial charge >= 0.3 is 0 Å². The van der Waals surface area contributed by atoms with Gasteiger partial charge in [-0.05, 0) is 44.3 Å². The topological polar surface area (TPSA) is 67.1 Å². The first-order valence-corrected chi connectivity index (χ1v) is 8.38. The predicted molar refractivity (Wildman–Crippen MR) is 86.4 cm³/mol. The molecule has 0 radical (unpaired) electrons. The summed E-state index contributed by atoms with van der Waals surface area (Å²) in [5, 5.41) is 4.52. The van der Waals surface area contributed by atoms with Crippen LogP contribution in [0.4, 0.5) is 5.82 Å². The lowest BCUT2D eigenvalue weighted by Crippen LogP contribution is -2.26. The Bertz CT molecular complexity index is 683. The number of aromatic nitrogens is 2. The molecule has 2 aromatic rings. The van der Waals surface area contributed by atoms with Crippen molar-refractivity contribution in [2.24, 2.45) is 11.8 Å². The van der Waals surface area contributed by atoms with Crippen LogP contribution in [0.5, 0.6) is 0 Å². The van der Waals surface area contributed by atoms with Crippen LogP contribution in [-0.2, 0) is 6.54 Å². The van der Waals surface area contributed by atoms with E-state index < -0.39 is 0 Å². The Morgan fingerprint density at radius 2 is 1.95 bits per heavy atom. The Morgan fingerprint density at radius 3 is 2.67 bits per heavy atom. The third kappa shape index (κ3) is 2.22. The molecule has 5 nitrogen and oxygen atoms in total. The standard InChI is InChI=1S/C15H21N5S/c1-8-9(2)21-15-13(8)14(16)18-12(19-15)7-20-5-10-3-17-4-11(10)6-20/h10-11,17H,3-7H2,1-2H3,(H2,16,18,19)/t10-,11+. The zero-order chi connectivity index (χ0) is 14.6. The smallest absolute Gasteiger partial charge is 0.146 e. The molecule has 0 saturated carbocycles. The molecule has 21 heavy (non-hydrogen) atoms. The molecule has 0 aliphatic carbocycles. The number of likely N-dealkylation sites (tertiary alicyclic amines) is 1. The van der Waals surface area contributed by atoms with Crippen LogP contribution in [-0.4, -0.2) is 41.0 Å². The number of thiophene rings is 1. The second kappa shape index (κ2) is 4.90. The third-order valence-corrected chi connectivity index (χ3v) is 6.03. The number of fused-ring (bicyclic) bond motifs is 2. The van der Waals surface area contributed by atoms with E-state index in [2.05, 4.69) is 29.0 Å². The Morgan fingerprint density at radius 1 is 1.24 bits per heavy atom. The quantitative estimate of drug-likeness (QED) is 0.881. The van der Waals surface area contributed by atoms with Crippen molar-refractivity contribution < 1.29 is 0 Å². The summed E-state index contributed by atoms with van der Waals surface area (Å²) in [5.41, 5.74) is 7.39. The molecule has 112 valence electrons. The molecule has 6 heteroatoms. The van der Waals surface area contributed by atoms with Crippen LogP contribution >= 0.6 is 11.3 Å². The first kappa shape index (κ1) is 13.4. The molecule has 2 atom stereocenters. The van der Waals surface area contributed by atoms with Gasteiger partial charge in [-0.1, -0.05) is 0 Å². The summed E-state index contributed by atoms with van der Waals surface area (Å²) < 4.78 is 0. The summed E-state index contributed by atoms with van der Waals surface area (Å²) in [7, 11) is 0. The number of nitrogens with zero attached hydrogens (tertiary/aromatic N) is 3. The van der Waals surface area contributed by atoms with Crippen molar-refractivity contribution in [2.75, 3.05) is 31.9 Å². The van der Waals surface area contributed by atoms with Gasteiger partial charge in [0.15, 0.2) is 0 Å². The van der Waals surface area contributed by atoms with Gasteiger partial charge in [-0.2, -0.15) is 0 Å². The molecule has 3 N–H and O–H groups in total. The van der Waals surface area contributed by atoms with Gasteiger partial charge in [0, 0.05) is 18.0 Å². The summed E-state index contributed by atoms with van der Waals surface area (Å²) in [5.74, 6) is 3.11. The summed E-state index contributed by atoms with van der Waals surface area (Å²) in [6.45, 7) is 9.67. The van der Waals surface area contributed by atoms with Crippen LogP contribution in [0.2, 0.25) is 0 Å². The maximum atomic E-state index is 6.16. The number of nitrogens with two attached hydrogens (primary N) is 1. The average molecular weight is 303 g/mol. The number of rotatable bonds is 2. The predicted octanol–water partition coefficient (Wildman–Crippen LogP) is 1.54. The van der Waals surface area contributed by atoms with E-state index in [0.717, 1.165) is 60.6 Å². The molecular formula is C15H21N5S. The molecule has 0 spiro atoms. The first-order valence-electron chi connectivity index (χ1n) is 7.57. The number of nitrogen functional groups attached to an aromatic ring is 1. The minimum Gasteiger partial charge on any atom is -0.383 e. The van der Waals surface area contributed by atoms with E-state index in [1.54, 1.807) is 11.3 Å². The van der Waals surface area contributed by atoms with Crippen LogP contribution in [0, 0.1) is 25.7 Å². The summed E-state index contributed by atoms with van der Waals surface area (Å²) in [6, 6.07) is 0. The molecule has 2 fully saturated rings. The number of nitrogens with one attached hydrogen (secondary N) is 1. The van der Waals surface area contributed by atoms with Gasteiger partial charge in [0.25, 0.3) is 0 Å². The maximum absolute atomic E-state index is 6.16. The monoisotopic (exact) mass is 303 g/mol. The van der Waals surface area contributed by atoms with Crippen molar-refractivity contribution in [3.05, 3.63) is 16.3 Å². The number of hydrogen-bond donors (Lipinski definition) is 2. The minimum atomic E-state index is 0.637. The molecule has 4 rings (SSSR count). The highest BCUT2D eigenvalue weighted by molar-refractivity contribution is 7.18. The van der Waals surface area contributed by atoms with Crippen LogP contribution in [0.3, 0.4) is 0 Å². The van der Waals surface area contributed by atoms with E-state index >= 15 is 0 Å². The number of anilines is 1. The highest BCUT2D eigenvalue weighted by Gasteiger charge is 2.36. The van der Waals surface area contributed by atoms with Gasteiger partial charge in [0.1, 0.15) is 16.5 Å². The largest absolute Gasteiger partial charge is 0.383 e. The Kier molecular flexibility index (Phi) is 3.13. The van der Waals surface area contributed by atoms with Gasteiger partial charge in [0.05, 0.1) is 11.9 Å². The fourth-order valence-electron chi connectivity index (χ4n) is 3.68. The number of hydrogen-bond acceptors (Lipinski definition) is 6. The van der Waals surface area contributed by atoms with Crippen LogP contribution < -0.4 is 11.1 Å². The Labute approximate surface area is 128 Å². The summed E-state index contributed by atoms with van der Waals surface area (Å²) >= 11 is 1.72. The lowest BCUT2D eigenvalue weighted by atomic mass is 10.0. The lowest BCUT2D eigenvalue weighted by molar-refractivity contribution is 0.298. The summed E-state index contributed by atoms with van der Waals surface area (Å²) in [6.07, 6.45) is 0. The van der Waals surface area contributed by atoms with Gasteiger partial charge < -0.3 is 11.1 Å². The lowest BCUT2D eigenvalue weighted by Gasteiger charge is -2.16. The third-order valence-electron chi connectivity index (χ3n) is 4.93. The first-order chi connectivity index (χ1) is 10.1. The van der Waals surface area contributed by atoms with Crippen molar-refractivity contribution in [2.45, 2.75) is 20.4 Å². The molecule has 0 unspecified atom stereocenters.